The SMILES string of the molecule is Cl.N=C(N)Nc1cccc(C(=O)Cl)c1. The lowest BCUT2D eigenvalue weighted by molar-refractivity contribution is 0.108. The van der Waals surface area contributed by atoms with Crippen LogP contribution in [0.15, 0.2) is 24.3 Å². The van der Waals surface area contributed by atoms with E-state index in [-0.39, 0.29) is 18.4 Å². The Morgan fingerprint density at radius 2 is 2.14 bits per heavy atom. The van der Waals surface area contributed by atoms with E-state index >= 15 is 0 Å². The predicted molar refractivity (Wildman–Crippen MR) is 59.4 cm³/mol. The third kappa shape index (κ3) is 3.64. The number of benzene rings is 1. The second-order valence-corrected chi connectivity index (χ2v) is 2.74. The molecule has 6 heteroatoms. The highest BCUT2D eigenvalue weighted by atomic mass is 35.5. The predicted octanol–water partition coefficient (Wildman–Crippen LogP) is 1.79. The summed E-state index contributed by atoms with van der Waals surface area (Å²) in [6.07, 6.45) is 0. The fourth-order valence-corrected chi connectivity index (χ4v) is 0.992. The van der Waals surface area contributed by atoms with Crippen molar-refractivity contribution in [1.82, 2.24) is 0 Å². The van der Waals surface area contributed by atoms with Gasteiger partial charge in [0.25, 0.3) is 5.24 Å². The van der Waals surface area contributed by atoms with Crippen LogP contribution >= 0.6 is 24.0 Å². The lowest BCUT2D eigenvalue weighted by Gasteiger charge is -2.03. The highest BCUT2D eigenvalue weighted by molar-refractivity contribution is 6.67. The number of carbonyl (C=O) groups excluding carboxylic acids is 1. The van der Waals surface area contributed by atoms with Gasteiger partial charge in [0, 0.05) is 11.3 Å². The van der Waals surface area contributed by atoms with Crippen LogP contribution in [0.25, 0.3) is 0 Å². The molecule has 0 saturated carbocycles. The second kappa shape index (κ2) is 5.47. The summed E-state index contributed by atoms with van der Waals surface area (Å²) in [5.41, 5.74) is 6.04. The molecule has 0 fully saturated rings. The van der Waals surface area contributed by atoms with Crippen molar-refractivity contribution >= 4 is 40.9 Å². The molecule has 0 radical (unpaired) electrons. The van der Waals surface area contributed by atoms with E-state index in [2.05, 4.69) is 5.32 Å². The highest BCUT2D eigenvalue weighted by Gasteiger charge is 2.01. The molecule has 0 aliphatic heterocycles. The van der Waals surface area contributed by atoms with Gasteiger partial charge in [-0.3, -0.25) is 10.2 Å². The lowest BCUT2D eigenvalue weighted by atomic mass is 10.2. The number of hydrogen-bond acceptors (Lipinski definition) is 2. The fourth-order valence-electron chi connectivity index (χ4n) is 0.875. The molecule has 14 heavy (non-hydrogen) atoms. The molecule has 0 spiro atoms. The van der Waals surface area contributed by atoms with Crippen molar-refractivity contribution in [2.24, 2.45) is 5.73 Å². The Balaban J connectivity index is 0.00000169. The number of nitrogens with one attached hydrogen (secondary N) is 2. The minimum Gasteiger partial charge on any atom is -0.370 e. The van der Waals surface area contributed by atoms with Crippen molar-refractivity contribution in [2.75, 3.05) is 5.32 Å². The van der Waals surface area contributed by atoms with Gasteiger partial charge in [-0.2, -0.15) is 0 Å². The van der Waals surface area contributed by atoms with Gasteiger partial charge in [-0.15, -0.1) is 12.4 Å². The van der Waals surface area contributed by atoms with Gasteiger partial charge in [-0.1, -0.05) is 6.07 Å². The molecule has 1 aromatic carbocycles. The Morgan fingerprint density at radius 3 is 2.64 bits per heavy atom. The number of guanidine groups is 1. The van der Waals surface area contributed by atoms with E-state index in [9.17, 15) is 4.79 Å². The van der Waals surface area contributed by atoms with Gasteiger partial charge in [0.2, 0.25) is 0 Å². The van der Waals surface area contributed by atoms with E-state index in [1.54, 1.807) is 18.2 Å². The summed E-state index contributed by atoms with van der Waals surface area (Å²) in [6.45, 7) is 0. The zero-order chi connectivity index (χ0) is 9.84. The van der Waals surface area contributed by atoms with Gasteiger partial charge in [0.1, 0.15) is 0 Å². The molecule has 4 N–H and O–H groups in total. The van der Waals surface area contributed by atoms with E-state index in [1.165, 1.54) is 6.07 Å². The number of anilines is 1. The molecular formula is C8H9Cl2N3O. The average molecular weight is 234 g/mol. The first kappa shape index (κ1) is 12.7. The topological polar surface area (TPSA) is 79.0 Å². The maximum Gasteiger partial charge on any atom is 0.252 e. The van der Waals surface area contributed by atoms with Crippen molar-refractivity contribution in [3.8, 4) is 0 Å². The summed E-state index contributed by atoms with van der Waals surface area (Å²) in [7, 11) is 0. The molecule has 0 unspecified atom stereocenters. The largest absolute Gasteiger partial charge is 0.370 e. The molecule has 4 nitrogen and oxygen atoms in total. The molecule has 0 heterocycles. The molecule has 0 aliphatic rings. The number of halogens is 2. The number of nitrogens with two attached hydrogens (primary N) is 1. The monoisotopic (exact) mass is 233 g/mol. The van der Waals surface area contributed by atoms with Crippen LogP contribution in [0.1, 0.15) is 10.4 Å². The number of rotatable bonds is 2. The number of hydrogen-bond donors (Lipinski definition) is 3. The summed E-state index contributed by atoms with van der Waals surface area (Å²) in [5.74, 6) is -0.181. The van der Waals surface area contributed by atoms with Crippen LogP contribution in [0.4, 0.5) is 5.69 Å². The summed E-state index contributed by atoms with van der Waals surface area (Å²) < 4.78 is 0. The summed E-state index contributed by atoms with van der Waals surface area (Å²) in [4.78, 5) is 10.7. The normalized spacial score (nSPS) is 8.64. The molecule has 0 saturated heterocycles. The summed E-state index contributed by atoms with van der Waals surface area (Å²) in [6, 6.07) is 6.45. The third-order valence-electron chi connectivity index (χ3n) is 1.37. The molecule has 1 aromatic rings. The lowest BCUT2D eigenvalue weighted by Crippen LogP contribution is -2.20. The van der Waals surface area contributed by atoms with E-state index < -0.39 is 5.24 Å². The van der Waals surface area contributed by atoms with Crippen LogP contribution in [0.2, 0.25) is 0 Å². The highest BCUT2D eigenvalue weighted by Crippen LogP contribution is 2.11. The Kier molecular flexibility index (Phi) is 4.97. The van der Waals surface area contributed by atoms with Crippen molar-refractivity contribution in [1.29, 1.82) is 5.41 Å². The van der Waals surface area contributed by atoms with Crippen molar-refractivity contribution in [3.63, 3.8) is 0 Å². The van der Waals surface area contributed by atoms with Gasteiger partial charge < -0.3 is 11.1 Å². The Morgan fingerprint density at radius 1 is 1.50 bits per heavy atom. The fraction of sp³-hybridized carbons (Fsp3) is 0. The van der Waals surface area contributed by atoms with Gasteiger partial charge in [-0.05, 0) is 29.8 Å². The molecule has 1 rings (SSSR count). The molecule has 0 amide bonds. The first-order chi connectivity index (χ1) is 6.09. The minimum atomic E-state index is -0.535. The van der Waals surface area contributed by atoms with E-state index in [0.29, 0.717) is 11.3 Å². The zero-order valence-electron chi connectivity index (χ0n) is 7.08. The molecule has 76 valence electrons. The van der Waals surface area contributed by atoms with Gasteiger partial charge in [0.15, 0.2) is 5.96 Å². The molecule has 0 aromatic heterocycles. The van der Waals surface area contributed by atoms with E-state index in [0.717, 1.165) is 0 Å². The standard InChI is InChI=1S/C8H8ClN3O.ClH/c9-7(13)5-2-1-3-6(4-5)12-8(10)11;/h1-4H,(H4,10,11,12);1H. The van der Waals surface area contributed by atoms with Crippen molar-refractivity contribution in [2.45, 2.75) is 0 Å². The molecular weight excluding hydrogens is 225 g/mol. The maximum atomic E-state index is 10.7. The van der Waals surface area contributed by atoms with Crippen LogP contribution in [0, 0.1) is 5.41 Å². The van der Waals surface area contributed by atoms with Gasteiger partial charge >= 0.3 is 0 Å². The van der Waals surface area contributed by atoms with Gasteiger partial charge in [0.05, 0.1) is 0 Å². The Labute approximate surface area is 92.4 Å². The Bertz CT molecular complexity index is 354. The average Bonchev–Trinajstić information content (AvgIpc) is 2.03. The van der Waals surface area contributed by atoms with Crippen LogP contribution in [-0.4, -0.2) is 11.2 Å². The van der Waals surface area contributed by atoms with E-state index in [1.807, 2.05) is 0 Å². The smallest absolute Gasteiger partial charge is 0.252 e. The molecule has 0 aliphatic carbocycles. The zero-order valence-corrected chi connectivity index (χ0v) is 8.65. The summed E-state index contributed by atoms with van der Waals surface area (Å²) >= 11 is 5.26. The quantitative estimate of drug-likeness (QED) is 0.414. The first-order valence-corrected chi connectivity index (χ1v) is 3.88. The molecule has 0 atom stereocenters. The minimum absolute atomic E-state index is 0. The number of carbonyl (C=O) groups is 1. The second-order valence-electron chi connectivity index (χ2n) is 2.39. The maximum absolute atomic E-state index is 10.7. The van der Waals surface area contributed by atoms with Gasteiger partial charge in [-0.25, -0.2) is 0 Å². The molecule has 0 bridgehead atoms. The van der Waals surface area contributed by atoms with Crippen LogP contribution in [0.3, 0.4) is 0 Å². The third-order valence-corrected chi connectivity index (χ3v) is 1.59. The first-order valence-electron chi connectivity index (χ1n) is 3.50. The van der Waals surface area contributed by atoms with Crippen molar-refractivity contribution < 1.29 is 4.79 Å². The van der Waals surface area contributed by atoms with E-state index in [4.69, 9.17) is 22.7 Å². The van der Waals surface area contributed by atoms with Crippen LogP contribution in [-0.2, 0) is 0 Å². The Hall–Kier alpha value is -1.26. The van der Waals surface area contributed by atoms with Crippen LogP contribution < -0.4 is 11.1 Å². The van der Waals surface area contributed by atoms with Crippen molar-refractivity contribution in [3.05, 3.63) is 29.8 Å². The summed E-state index contributed by atoms with van der Waals surface area (Å²) in [5, 5.41) is 8.97. The van der Waals surface area contributed by atoms with Crippen LogP contribution in [0.5, 0.6) is 0 Å².